The molecule has 9 nitrogen and oxygen atoms in total. The second kappa shape index (κ2) is 5.50. The van der Waals surface area contributed by atoms with Crippen LogP contribution in [0, 0.1) is 0 Å². The van der Waals surface area contributed by atoms with Gasteiger partial charge in [-0.3, -0.25) is 0 Å². The first kappa shape index (κ1) is 14.9. The second-order valence-electron chi connectivity index (χ2n) is 4.16. The van der Waals surface area contributed by atoms with Crippen molar-refractivity contribution in [1.82, 2.24) is 14.8 Å². The highest BCUT2D eigenvalue weighted by Gasteiger charge is 2.18. The Hall–Kier alpha value is -2.46. The zero-order chi connectivity index (χ0) is 15.6. The van der Waals surface area contributed by atoms with Crippen LogP contribution >= 0.6 is 0 Å². The fourth-order valence-electron chi connectivity index (χ4n) is 1.56. The average Bonchev–Trinajstić information content (AvgIpc) is 2.80. The number of ether oxygens (including phenoxy) is 1. The molecule has 0 saturated carbocycles. The lowest BCUT2D eigenvalue weighted by Crippen LogP contribution is -2.15. The monoisotopic (exact) mass is 312 g/mol. The molecule has 0 aliphatic heterocycles. The van der Waals surface area contributed by atoms with Crippen molar-refractivity contribution in [3.63, 3.8) is 0 Å². The van der Waals surface area contributed by atoms with E-state index in [4.69, 9.17) is 15.0 Å². The third-order valence-electron chi connectivity index (χ3n) is 2.66. The smallest absolute Gasteiger partial charge is 0.335 e. The summed E-state index contributed by atoms with van der Waals surface area (Å²) in [5.41, 5.74) is -0.204. The van der Waals surface area contributed by atoms with Gasteiger partial charge in [-0.1, -0.05) is 0 Å². The molecule has 0 radical (unpaired) electrons. The minimum absolute atomic E-state index is 0.0363. The molecular formula is C11H12N4O5S. The van der Waals surface area contributed by atoms with Crippen LogP contribution in [0.15, 0.2) is 29.4 Å². The number of hydrogen-bond donors (Lipinski definition) is 2. The molecule has 1 aromatic carbocycles. The molecule has 1 aromatic heterocycles. The molecule has 0 atom stereocenters. The fraction of sp³-hybridized carbons (Fsp3) is 0.182. The van der Waals surface area contributed by atoms with Gasteiger partial charge in [-0.05, 0) is 18.2 Å². The third-order valence-corrected chi connectivity index (χ3v) is 3.59. The summed E-state index contributed by atoms with van der Waals surface area (Å²) in [5.74, 6) is -0.845. The quantitative estimate of drug-likeness (QED) is 0.775. The van der Waals surface area contributed by atoms with Crippen LogP contribution in [0.1, 0.15) is 16.2 Å². The van der Waals surface area contributed by atoms with E-state index in [0.29, 0.717) is 5.82 Å². The van der Waals surface area contributed by atoms with Gasteiger partial charge in [0.05, 0.1) is 5.56 Å². The molecule has 2 rings (SSSR count). The van der Waals surface area contributed by atoms with Gasteiger partial charge in [0.15, 0.2) is 5.82 Å². The van der Waals surface area contributed by atoms with Crippen LogP contribution < -0.4 is 9.88 Å². The number of nitrogens with two attached hydrogens (primary N) is 1. The van der Waals surface area contributed by atoms with E-state index in [0.717, 1.165) is 6.07 Å². The van der Waals surface area contributed by atoms with Crippen LogP contribution in [-0.4, -0.2) is 34.3 Å². The predicted octanol–water partition coefficient (Wildman–Crippen LogP) is -0.260. The van der Waals surface area contributed by atoms with E-state index in [1.54, 1.807) is 11.6 Å². The maximum absolute atomic E-state index is 11.5. The summed E-state index contributed by atoms with van der Waals surface area (Å²) < 4.78 is 30.0. The summed E-state index contributed by atoms with van der Waals surface area (Å²) in [6.07, 6.45) is 1.47. The number of primary sulfonamides is 1. The molecule has 0 aliphatic carbocycles. The molecule has 0 aliphatic rings. The number of benzene rings is 1. The first-order valence-corrected chi connectivity index (χ1v) is 7.19. The van der Waals surface area contributed by atoms with Gasteiger partial charge in [0.25, 0.3) is 0 Å². The Balaban J connectivity index is 2.35. The molecule has 21 heavy (non-hydrogen) atoms. The maximum atomic E-state index is 11.5. The predicted molar refractivity (Wildman–Crippen MR) is 70.1 cm³/mol. The van der Waals surface area contributed by atoms with E-state index >= 15 is 0 Å². The average molecular weight is 312 g/mol. The lowest BCUT2D eigenvalue weighted by Gasteiger charge is -2.10. The summed E-state index contributed by atoms with van der Waals surface area (Å²) in [6.45, 7) is -0.0363. The maximum Gasteiger partial charge on any atom is 0.335 e. The van der Waals surface area contributed by atoms with Crippen molar-refractivity contribution in [2.75, 3.05) is 0 Å². The summed E-state index contributed by atoms with van der Waals surface area (Å²) in [7, 11) is -2.42. The van der Waals surface area contributed by atoms with Gasteiger partial charge in [-0.15, -0.1) is 10.2 Å². The highest BCUT2D eigenvalue weighted by Crippen LogP contribution is 2.25. The van der Waals surface area contributed by atoms with E-state index in [-0.39, 0.29) is 17.9 Å². The Labute approximate surface area is 120 Å². The molecule has 0 bridgehead atoms. The van der Waals surface area contributed by atoms with Crippen molar-refractivity contribution in [2.24, 2.45) is 12.2 Å². The van der Waals surface area contributed by atoms with Crippen LogP contribution in [-0.2, 0) is 23.7 Å². The Morgan fingerprint density at radius 3 is 2.71 bits per heavy atom. The molecule has 1 heterocycles. The van der Waals surface area contributed by atoms with Gasteiger partial charge >= 0.3 is 5.97 Å². The number of rotatable bonds is 5. The van der Waals surface area contributed by atoms with Crippen LogP contribution in [0.3, 0.4) is 0 Å². The molecule has 0 unspecified atom stereocenters. The number of carboxylic acids is 1. The zero-order valence-electron chi connectivity index (χ0n) is 10.9. The third kappa shape index (κ3) is 3.35. The van der Waals surface area contributed by atoms with Crippen molar-refractivity contribution >= 4 is 16.0 Å². The van der Waals surface area contributed by atoms with E-state index in [1.165, 1.54) is 18.5 Å². The van der Waals surface area contributed by atoms with Gasteiger partial charge < -0.3 is 14.4 Å². The highest BCUT2D eigenvalue weighted by atomic mass is 32.2. The largest absolute Gasteiger partial charge is 0.484 e. The van der Waals surface area contributed by atoms with Crippen LogP contribution in [0.2, 0.25) is 0 Å². The van der Waals surface area contributed by atoms with E-state index in [1.807, 2.05) is 0 Å². The minimum atomic E-state index is -4.12. The minimum Gasteiger partial charge on any atom is -0.484 e. The van der Waals surface area contributed by atoms with Gasteiger partial charge in [-0.2, -0.15) is 0 Å². The fourth-order valence-corrected chi connectivity index (χ4v) is 2.26. The number of aromatic nitrogens is 3. The summed E-state index contributed by atoms with van der Waals surface area (Å²) in [5, 5.41) is 21.4. The van der Waals surface area contributed by atoms with Crippen molar-refractivity contribution in [3.8, 4) is 5.75 Å². The van der Waals surface area contributed by atoms with Gasteiger partial charge in [0.2, 0.25) is 10.0 Å². The molecule has 0 fully saturated rings. The Morgan fingerprint density at radius 2 is 2.19 bits per heavy atom. The van der Waals surface area contributed by atoms with E-state index in [2.05, 4.69) is 10.2 Å². The van der Waals surface area contributed by atoms with Crippen molar-refractivity contribution in [2.45, 2.75) is 11.5 Å². The van der Waals surface area contributed by atoms with Crippen LogP contribution in [0.5, 0.6) is 5.75 Å². The number of aromatic carboxylic acids is 1. The Morgan fingerprint density at radius 1 is 1.48 bits per heavy atom. The molecular weight excluding hydrogens is 300 g/mol. The van der Waals surface area contributed by atoms with Crippen molar-refractivity contribution in [1.29, 1.82) is 0 Å². The lowest BCUT2D eigenvalue weighted by atomic mass is 10.2. The second-order valence-corrected chi connectivity index (χ2v) is 5.69. The number of aryl methyl sites for hydroxylation is 1. The molecule has 3 N–H and O–H groups in total. The van der Waals surface area contributed by atoms with Crippen molar-refractivity contribution in [3.05, 3.63) is 35.9 Å². The first-order chi connectivity index (χ1) is 9.79. The van der Waals surface area contributed by atoms with Crippen LogP contribution in [0.4, 0.5) is 0 Å². The first-order valence-electron chi connectivity index (χ1n) is 5.65. The van der Waals surface area contributed by atoms with Crippen molar-refractivity contribution < 1.29 is 23.1 Å². The normalized spacial score (nSPS) is 11.3. The van der Waals surface area contributed by atoms with E-state index in [9.17, 15) is 13.2 Å². The number of sulfonamides is 1. The number of carboxylic acid groups (broad SMARTS) is 1. The van der Waals surface area contributed by atoms with Gasteiger partial charge in [0, 0.05) is 7.05 Å². The number of carbonyl (C=O) groups is 1. The summed E-state index contributed by atoms with van der Waals surface area (Å²) >= 11 is 0. The van der Waals surface area contributed by atoms with Gasteiger partial charge in [-0.25, -0.2) is 18.4 Å². The number of hydrogen-bond acceptors (Lipinski definition) is 6. The summed E-state index contributed by atoms with van der Waals surface area (Å²) in [4.78, 5) is 10.5. The van der Waals surface area contributed by atoms with E-state index < -0.39 is 20.9 Å². The summed E-state index contributed by atoms with van der Waals surface area (Å²) in [6, 6.07) is 3.41. The highest BCUT2D eigenvalue weighted by molar-refractivity contribution is 7.89. The molecule has 0 amide bonds. The van der Waals surface area contributed by atoms with Gasteiger partial charge in [0.1, 0.15) is 23.6 Å². The molecule has 112 valence electrons. The SMILES string of the molecule is Cn1cnnc1COc1ccc(C(=O)O)cc1S(N)(=O)=O. The Bertz CT molecular complexity index is 784. The lowest BCUT2D eigenvalue weighted by molar-refractivity contribution is 0.0696. The van der Waals surface area contributed by atoms with Crippen LogP contribution in [0.25, 0.3) is 0 Å². The molecule has 0 spiro atoms. The molecule has 10 heteroatoms. The topological polar surface area (TPSA) is 137 Å². The Kier molecular flexibility index (Phi) is 3.91. The number of nitrogens with zero attached hydrogens (tertiary/aromatic N) is 3. The molecule has 0 saturated heterocycles. The zero-order valence-corrected chi connectivity index (χ0v) is 11.7. The molecule has 2 aromatic rings. The standard InChI is InChI=1S/C11H12N4O5S/c1-15-6-13-14-10(15)5-20-8-3-2-7(11(16)17)4-9(8)21(12,18)19/h2-4,6H,5H2,1H3,(H,16,17)(H2,12,18,19).